The molecule has 152 valence electrons. The van der Waals surface area contributed by atoms with Gasteiger partial charge in [-0.3, -0.25) is 9.69 Å². The van der Waals surface area contributed by atoms with E-state index in [0.717, 1.165) is 36.9 Å². The number of hydrogen-bond donors (Lipinski definition) is 0. The van der Waals surface area contributed by atoms with Crippen LogP contribution in [0.4, 0.5) is 13.2 Å². The largest absolute Gasteiger partial charge is 0.417 e. The molecule has 3 rings (SSSR count). The number of halogens is 3. The van der Waals surface area contributed by atoms with Gasteiger partial charge in [-0.15, -0.1) is 11.3 Å². The molecule has 2 aromatic rings. The maximum atomic E-state index is 13.3. The molecule has 0 aliphatic carbocycles. The number of rotatable bonds is 5. The zero-order chi connectivity index (χ0) is 20.5. The van der Waals surface area contributed by atoms with Crippen molar-refractivity contribution in [3.63, 3.8) is 0 Å². The van der Waals surface area contributed by atoms with Gasteiger partial charge >= 0.3 is 6.18 Å². The summed E-state index contributed by atoms with van der Waals surface area (Å²) in [5.74, 6) is -0.139. The Hall–Kier alpha value is -1.93. The zero-order valence-corrected chi connectivity index (χ0v) is 17.0. The summed E-state index contributed by atoms with van der Waals surface area (Å²) in [6.45, 7) is 9.05. The molecule has 0 N–H and O–H groups in total. The molecule has 1 aliphatic heterocycles. The third kappa shape index (κ3) is 4.07. The van der Waals surface area contributed by atoms with E-state index in [1.165, 1.54) is 12.1 Å². The zero-order valence-electron chi connectivity index (χ0n) is 16.2. The lowest BCUT2D eigenvalue weighted by molar-refractivity contribution is -0.137. The average molecular weight is 411 g/mol. The Morgan fingerprint density at radius 3 is 2.61 bits per heavy atom. The van der Waals surface area contributed by atoms with Gasteiger partial charge in [-0.1, -0.05) is 32.0 Å². The van der Waals surface area contributed by atoms with Crippen LogP contribution >= 0.6 is 11.3 Å². The number of carbonyl (C=O) groups is 1. The van der Waals surface area contributed by atoms with Crippen molar-refractivity contribution in [3.05, 3.63) is 40.4 Å². The number of amides is 1. The number of aryl methyl sites for hydroxylation is 1. The highest BCUT2D eigenvalue weighted by Crippen LogP contribution is 2.39. The molecule has 1 unspecified atom stereocenters. The molecule has 0 bridgehead atoms. The third-order valence-electron chi connectivity index (χ3n) is 5.23. The van der Waals surface area contributed by atoms with Gasteiger partial charge in [0.1, 0.15) is 9.88 Å². The van der Waals surface area contributed by atoms with E-state index in [1.54, 1.807) is 17.9 Å². The molecule has 8 heteroatoms. The van der Waals surface area contributed by atoms with Crippen molar-refractivity contribution in [3.8, 4) is 10.6 Å². The summed E-state index contributed by atoms with van der Waals surface area (Å²) in [7, 11) is 0. The quantitative estimate of drug-likeness (QED) is 0.716. The number of nitrogens with zero attached hydrogens (tertiary/aromatic N) is 3. The molecule has 1 aromatic carbocycles. The summed E-state index contributed by atoms with van der Waals surface area (Å²) >= 11 is 1.04. The van der Waals surface area contributed by atoms with Gasteiger partial charge in [0, 0.05) is 24.7 Å². The van der Waals surface area contributed by atoms with Crippen LogP contribution in [0.2, 0.25) is 0 Å². The minimum atomic E-state index is -4.47. The van der Waals surface area contributed by atoms with Crippen LogP contribution in [0.1, 0.15) is 41.2 Å². The van der Waals surface area contributed by atoms with Crippen LogP contribution in [0, 0.1) is 6.92 Å². The molecule has 0 radical (unpaired) electrons. The van der Waals surface area contributed by atoms with Gasteiger partial charge < -0.3 is 4.90 Å². The number of carbonyl (C=O) groups excluding carboxylic acids is 1. The number of likely N-dealkylation sites (N-methyl/N-ethyl adjacent to an activating group) is 1. The first kappa shape index (κ1) is 20.8. The van der Waals surface area contributed by atoms with Crippen LogP contribution in [0.15, 0.2) is 24.3 Å². The molecule has 2 heterocycles. The molecule has 4 nitrogen and oxygen atoms in total. The van der Waals surface area contributed by atoms with Crippen LogP contribution in [-0.4, -0.2) is 52.9 Å². The lowest BCUT2D eigenvalue weighted by Gasteiger charge is -2.26. The first-order valence-corrected chi connectivity index (χ1v) is 10.2. The summed E-state index contributed by atoms with van der Waals surface area (Å²) in [4.78, 5) is 21.8. The van der Waals surface area contributed by atoms with Gasteiger partial charge in [0.25, 0.3) is 5.91 Å². The van der Waals surface area contributed by atoms with E-state index < -0.39 is 11.7 Å². The topological polar surface area (TPSA) is 36.4 Å². The predicted molar refractivity (Wildman–Crippen MR) is 105 cm³/mol. The van der Waals surface area contributed by atoms with E-state index in [4.69, 9.17) is 0 Å². The van der Waals surface area contributed by atoms with Crippen molar-refractivity contribution in [1.82, 2.24) is 14.8 Å². The Bertz CT molecular complexity index is 845. The van der Waals surface area contributed by atoms with Crippen LogP contribution in [0.3, 0.4) is 0 Å². The average Bonchev–Trinajstić information content (AvgIpc) is 3.29. The summed E-state index contributed by atoms with van der Waals surface area (Å²) in [5.41, 5.74) is -0.233. The Kier molecular flexibility index (Phi) is 6.09. The van der Waals surface area contributed by atoms with Gasteiger partial charge in [-0.05, 0) is 32.5 Å². The second-order valence-corrected chi connectivity index (χ2v) is 7.89. The van der Waals surface area contributed by atoms with E-state index in [0.29, 0.717) is 29.7 Å². The number of likely N-dealkylation sites (tertiary alicyclic amines) is 1. The normalized spacial score (nSPS) is 17.5. The fourth-order valence-electron chi connectivity index (χ4n) is 3.73. The summed E-state index contributed by atoms with van der Waals surface area (Å²) in [6.07, 6.45) is -3.55. The Labute approximate surface area is 167 Å². The van der Waals surface area contributed by atoms with Crippen LogP contribution in [-0.2, 0) is 6.18 Å². The van der Waals surface area contributed by atoms with Crippen LogP contribution < -0.4 is 0 Å². The van der Waals surface area contributed by atoms with Crippen molar-refractivity contribution in [1.29, 1.82) is 0 Å². The fourth-order valence-corrected chi connectivity index (χ4v) is 4.81. The number of thiazole rings is 1. The molecule has 28 heavy (non-hydrogen) atoms. The molecule has 1 fully saturated rings. The smallest absolute Gasteiger partial charge is 0.336 e. The molecular formula is C20H24F3N3OS. The summed E-state index contributed by atoms with van der Waals surface area (Å²) in [6, 6.07) is 5.69. The van der Waals surface area contributed by atoms with E-state index >= 15 is 0 Å². The summed E-state index contributed by atoms with van der Waals surface area (Å²) in [5, 5.41) is 0.230. The van der Waals surface area contributed by atoms with Crippen molar-refractivity contribution >= 4 is 17.2 Å². The molecule has 1 aliphatic rings. The van der Waals surface area contributed by atoms with Crippen LogP contribution in [0.25, 0.3) is 10.6 Å². The SMILES string of the molecule is CCN(CC)C1CCN(C(=O)c2sc(-c3ccccc3C(F)(F)F)nc2C)C1. The Morgan fingerprint density at radius 1 is 1.29 bits per heavy atom. The molecule has 1 aromatic heterocycles. The van der Waals surface area contributed by atoms with Gasteiger partial charge in [0.05, 0.1) is 11.3 Å². The summed E-state index contributed by atoms with van der Waals surface area (Å²) < 4.78 is 40.0. The molecule has 1 saturated heterocycles. The number of aromatic nitrogens is 1. The van der Waals surface area contributed by atoms with E-state index in [2.05, 4.69) is 23.7 Å². The molecular weight excluding hydrogens is 387 g/mol. The number of benzene rings is 1. The highest BCUT2D eigenvalue weighted by molar-refractivity contribution is 7.17. The second kappa shape index (κ2) is 8.21. The van der Waals surface area contributed by atoms with E-state index in [1.807, 2.05) is 0 Å². The second-order valence-electron chi connectivity index (χ2n) is 6.89. The highest BCUT2D eigenvalue weighted by atomic mass is 32.1. The minimum absolute atomic E-state index is 0.0181. The first-order valence-electron chi connectivity index (χ1n) is 9.43. The fraction of sp³-hybridized carbons (Fsp3) is 0.500. The maximum absolute atomic E-state index is 13.3. The van der Waals surface area contributed by atoms with Gasteiger partial charge in [0.15, 0.2) is 0 Å². The molecule has 1 amide bonds. The Balaban J connectivity index is 1.85. The number of alkyl halides is 3. The lowest BCUT2D eigenvalue weighted by atomic mass is 10.1. The van der Waals surface area contributed by atoms with Gasteiger partial charge in [-0.25, -0.2) is 4.98 Å². The minimum Gasteiger partial charge on any atom is -0.336 e. The van der Waals surface area contributed by atoms with Crippen molar-refractivity contribution in [2.24, 2.45) is 0 Å². The molecule has 0 spiro atoms. The van der Waals surface area contributed by atoms with E-state index in [9.17, 15) is 18.0 Å². The highest BCUT2D eigenvalue weighted by Gasteiger charge is 2.35. The monoisotopic (exact) mass is 411 g/mol. The van der Waals surface area contributed by atoms with Gasteiger partial charge in [0.2, 0.25) is 0 Å². The van der Waals surface area contributed by atoms with Crippen LogP contribution in [0.5, 0.6) is 0 Å². The third-order valence-corrected chi connectivity index (χ3v) is 6.41. The predicted octanol–water partition coefficient (Wildman–Crippen LogP) is 4.69. The van der Waals surface area contributed by atoms with Crippen molar-refractivity contribution in [2.45, 2.75) is 39.4 Å². The maximum Gasteiger partial charge on any atom is 0.417 e. The Morgan fingerprint density at radius 2 is 1.96 bits per heavy atom. The standard InChI is InChI=1S/C20H24F3N3OS/c1-4-25(5-2)14-10-11-26(12-14)19(27)17-13(3)24-18(28-17)15-8-6-7-9-16(15)20(21,22)23/h6-9,14H,4-5,10-12H2,1-3H3. The van der Waals surface area contributed by atoms with E-state index in [-0.39, 0.29) is 16.5 Å². The molecule has 0 saturated carbocycles. The number of hydrogen-bond acceptors (Lipinski definition) is 4. The first-order chi connectivity index (χ1) is 13.3. The van der Waals surface area contributed by atoms with Gasteiger partial charge in [-0.2, -0.15) is 13.2 Å². The van der Waals surface area contributed by atoms with Crippen molar-refractivity contribution in [2.75, 3.05) is 26.2 Å². The molecule has 1 atom stereocenters. The van der Waals surface area contributed by atoms with Crippen molar-refractivity contribution < 1.29 is 18.0 Å². The lowest BCUT2D eigenvalue weighted by Crippen LogP contribution is -2.38.